The first-order valence-electron chi connectivity index (χ1n) is 12.3. The summed E-state index contributed by atoms with van der Waals surface area (Å²) < 4.78 is 32.0. The number of carbonyl (C=O) groups excluding carboxylic acids is 2. The van der Waals surface area contributed by atoms with Gasteiger partial charge in [-0.05, 0) is 71.2 Å². The van der Waals surface area contributed by atoms with Crippen molar-refractivity contribution in [2.75, 3.05) is 13.2 Å². The van der Waals surface area contributed by atoms with Gasteiger partial charge in [0.25, 0.3) is 5.91 Å². The largest absolute Gasteiger partial charge is 0.490 e. The van der Waals surface area contributed by atoms with Crippen LogP contribution in [0.5, 0.6) is 11.5 Å². The van der Waals surface area contributed by atoms with Crippen LogP contribution in [0.25, 0.3) is 6.08 Å². The zero-order valence-corrected chi connectivity index (χ0v) is 25.5. The van der Waals surface area contributed by atoms with Crippen molar-refractivity contribution in [2.24, 2.45) is 0 Å². The van der Waals surface area contributed by atoms with Crippen molar-refractivity contribution in [1.29, 1.82) is 0 Å². The normalized spacial score (nSPS) is 14.9. The zero-order chi connectivity index (χ0) is 28.8. The van der Waals surface area contributed by atoms with Crippen molar-refractivity contribution in [3.63, 3.8) is 0 Å². The molecule has 0 bridgehead atoms. The lowest BCUT2D eigenvalue weighted by Gasteiger charge is -2.25. The molecule has 6 nitrogen and oxygen atoms in total. The first-order chi connectivity index (χ1) is 19.2. The molecular formula is C29H24BrClFNO5S2. The molecule has 11 heteroatoms. The Bertz CT molecular complexity index is 1450. The maximum absolute atomic E-state index is 14.3. The van der Waals surface area contributed by atoms with Gasteiger partial charge < -0.3 is 14.2 Å². The van der Waals surface area contributed by atoms with Crippen molar-refractivity contribution in [1.82, 2.24) is 4.90 Å². The molecule has 3 aromatic rings. The van der Waals surface area contributed by atoms with E-state index >= 15 is 0 Å². The van der Waals surface area contributed by atoms with E-state index in [-0.39, 0.29) is 28.1 Å². The molecule has 1 amide bonds. The molecule has 0 saturated carbocycles. The second-order valence-electron chi connectivity index (χ2n) is 8.37. The van der Waals surface area contributed by atoms with Gasteiger partial charge in [-0.1, -0.05) is 72.0 Å². The third kappa shape index (κ3) is 6.68. The van der Waals surface area contributed by atoms with Gasteiger partial charge in [0.15, 0.2) is 17.5 Å². The molecule has 3 aromatic carbocycles. The summed E-state index contributed by atoms with van der Waals surface area (Å²) in [7, 11) is 0. The first kappa shape index (κ1) is 30.0. The van der Waals surface area contributed by atoms with E-state index in [4.69, 9.17) is 38.0 Å². The average molecular weight is 665 g/mol. The lowest BCUT2D eigenvalue weighted by atomic mass is 10.1. The Balaban J connectivity index is 1.64. The maximum Gasteiger partial charge on any atom is 0.333 e. The second kappa shape index (κ2) is 13.6. The number of benzene rings is 3. The molecule has 1 aliphatic heterocycles. The van der Waals surface area contributed by atoms with E-state index in [9.17, 15) is 14.0 Å². The molecule has 0 N–H and O–H groups in total. The van der Waals surface area contributed by atoms with Crippen molar-refractivity contribution in [3.05, 3.63) is 97.6 Å². The van der Waals surface area contributed by atoms with E-state index in [1.165, 1.54) is 17.0 Å². The van der Waals surface area contributed by atoms with Crippen molar-refractivity contribution in [2.45, 2.75) is 26.5 Å². The molecule has 1 saturated heterocycles. The minimum absolute atomic E-state index is 0.114. The van der Waals surface area contributed by atoms with E-state index in [0.717, 1.165) is 11.8 Å². The average Bonchev–Trinajstić information content (AvgIpc) is 3.18. The number of hydrogen-bond acceptors (Lipinski definition) is 7. The van der Waals surface area contributed by atoms with Gasteiger partial charge in [0, 0.05) is 5.56 Å². The number of thiocarbonyl (C=S) groups is 1. The quantitative estimate of drug-likeness (QED) is 0.125. The Labute approximate surface area is 254 Å². The van der Waals surface area contributed by atoms with E-state index < -0.39 is 23.7 Å². The molecule has 0 aliphatic carbocycles. The number of nitrogens with zero attached hydrogens (tertiary/aromatic N) is 1. The predicted octanol–water partition coefficient (Wildman–Crippen LogP) is 7.72. The third-order valence-corrected chi connectivity index (χ3v) is 8.03. The number of halogens is 3. The standard InChI is InChI=1S/C29H24BrClFNO5S2/c1-3-36-23-14-17(13-20(30)26(23)38-16-19-21(31)11-8-12-22(19)32)15-24-27(34)33(29(39)40-24)25(28(35)37-4-2)18-9-6-5-7-10-18/h5-15,25H,3-4,16H2,1-2H3/b24-15+. The smallest absolute Gasteiger partial charge is 0.333 e. The minimum atomic E-state index is -1.01. The topological polar surface area (TPSA) is 65.1 Å². The number of thioether (sulfide) groups is 1. The van der Waals surface area contributed by atoms with Crippen LogP contribution in [-0.2, 0) is 20.9 Å². The molecule has 1 unspecified atom stereocenters. The fraction of sp³-hybridized carbons (Fsp3) is 0.207. The molecule has 1 fully saturated rings. The Morgan fingerprint density at radius 2 is 1.88 bits per heavy atom. The van der Waals surface area contributed by atoms with Crippen LogP contribution in [0, 0.1) is 5.82 Å². The van der Waals surface area contributed by atoms with Crippen molar-refractivity contribution >= 4 is 73.8 Å². The van der Waals surface area contributed by atoms with Crippen LogP contribution in [0.3, 0.4) is 0 Å². The summed E-state index contributed by atoms with van der Waals surface area (Å²) in [6.45, 7) is 3.92. The van der Waals surface area contributed by atoms with E-state index in [0.29, 0.717) is 38.6 Å². The molecule has 0 radical (unpaired) electrons. The highest BCUT2D eigenvalue weighted by Gasteiger charge is 2.42. The van der Waals surface area contributed by atoms with Crippen molar-refractivity contribution in [3.8, 4) is 11.5 Å². The molecule has 1 atom stereocenters. The Morgan fingerprint density at radius 3 is 2.55 bits per heavy atom. The van der Waals surface area contributed by atoms with Crippen LogP contribution in [-0.4, -0.2) is 34.3 Å². The number of esters is 1. The molecular weight excluding hydrogens is 641 g/mol. The van der Waals surface area contributed by atoms with Gasteiger partial charge in [0.1, 0.15) is 16.7 Å². The van der Waals surface area contributed by atoms with Crippen LogP contribution in [0.1, 0.15) is 36.6 Å². The third-order valence-electron chi connectivity index (χ3n) is 5.76. The van der Waals surface area contributed by atoms with Gasteiger partial charge in [-0.15, -0.1) is 0 Å². The lowest BCUT2D eigenvalue weighted by molar-refractivity contribution is -0.151. The van der Waals surface area contributed by atoms with Gasteiger partial charge >= 0.3 is 5.97 Å². The van der Waals surface area contributed by atoms with E-state index in [1.54, 1.807) is 55.5 Å². The summed E-state index contributed by atoms with van der Waals surface area (Å²) in [5.41, 5.74) is 1.44. The molecule has 0 spiro atoms. The van der Waals surface area contributed by atoms with Gasteiger partial charge in [0.05, 0.1) is 27.6 Å². The van der Waals surface area contributed by atoms with Gasteiger partial charge in [-0.2, -0.15) is 0 Å². The lowest BCUT2D eigenvalue weighted by Crippen LogP contribution is -2.38. The second-order valence-corrected chi connectivity index (χ2v) is 11.3. The highest BCUT2D eigenvalue weighted by molar-refractivity contribution is 9.10. The van der Waals surface area contributed by atoms with Crippen LogP contribution >= 0.6 is 51.5 Å². The zero-order valence-electron chi connectivity index (χ0n) is 21.5. The van der Waals surface area contributed by atoms with E-state index in [1.807, 2.05) is 13.0 Å². The molecule has 208 valence electrons. The van der Waals surface area contributed by atoms with Crippen LogP contribution in [0.4, 0.5) is 4.39 Å². The molecule has 4 rings (SSSR count). The van der Waals surface area contributed by atoms with Crippen molar-refractivity contribution < 1.29 is 28.2 Å². The number of amides is 1. The number of rotatable bonds is 10. The summed E-state index contributed by atoms with van der Waals surface area (Å²) in [5.74, 6) is -0.710. The first-order valence-corrected chi connectivity index (χ1v) is 14.6. The Hall–Kier alpha value is -2.92. The molecule has 0 aromatic heterocycles. The van der Waals surface area contributed by atoms with E-state index in [2.05, 4.69) is 15.9 Å². The van der Waals surface area contributed by atoms with Gasteiger partial charge in [-0.25, -0.2) is 9.18 Å². The van der Waals surface area contributed by atoms with Crippen LogP contribution in [0.2, 0.25) is 5.02 Å². The number of carbonyl (C=O) groups is 2. The summed E-state index contributed by atoms with van der Waals surface area (Å²) in [4.78, 5) is 28.1. The minimum Gasteiger partial charge on any atom is -0.490 e. The highest BCUT2D eigenvalue weighted by Crippen LogP contribution is 2.42. The summed E-state index contributed by atoms with van der Waals surface area (Å²) in [5, 5.41) is 0.254. The maximum atomic E-state index is 14.3. The summed E-state index contributed by atoms with van der Waals surface area (Å²) in [6.07, 6.45) is 1.66. The fourth-order valence-electron chi connectivity index (χ4n) is 3.99. The van der Waals surface area contributed by atoms with Crippen LogP contribution < -0.4 is 9.47 Å². The fourth-order valence-corrected chi connectivity index (χ4v) is 6.09. The molecule has 1 aliphatic rings. The molecule has 1 heterocycles. The van der Waals surface area contributed by atoms with Gasteiger partial charge in [0.2, 0.25) is 0 Å². The Morgan fingerprint density at radius 1 is 1.12 bits per heavy atom. The van der Waals surface area contributed by atoms with Gasteiger partial charge in [-0.3, -0.25) is 9.69 Å². The Kier molecular flexibility index (Phi) is 10.2. The predicted molar refractivity (Wildman–Crippen MR) is 162 cm³/mol. The highest BCUT2D eigenvalue weighted by atomic mass is 79.9. The number of ether oxygens (including phenoxy) is 3. The monoisotopic (exact) mass is 663 g/mol. The van der Waals surface area contributed by atoms with Crippen LogP contribution in [0.15, 0.2) is 70.0 Å². The SMILES string of the molecule is CCOC(=O)C(c1ccccc1)N1C(=O)/C(=C\c2cc(Br)c(OCc3c(F)cccc3Cl)c(OCC)c2)SC1=S. The number of hydrogen-bond donors (Lipinski definition) is 0. The summed E-state index contributed by atoms with van der Waals surface area (Å²) in [6, 6.07) is 15.8. The summed E-state index contributed by atoms with van der Waals surface area (Å²) >= 11 is 16.3. The molecule has 40 heavy (non-hydrogen) atoms.